The van der Waals surface area contributed by atoms with E-state index in [0.29, 0.717) is 30.1 Å². The molecule has 1 aliphatic heterocycles. The lowest BCUT2D eigenvalue weighted by molar-refractivity contribution is -0.306. The van der Waals surface area contributed by atoms with Gasteiger partial charge in [0.15, 0.2) is 16.6 Å². The maximum Gasteiger partial charge on any atom is 0.573 e. The van der Waals surface area contributed by atoms with E-state index >= 15 is 0 Å². The second-order valence-electron chi connectivity index (χ2n) is 11.1. The van der Waals surface area contributed by atoms with Crippen molar-refractivity contribution in [3.05, 3.63) is 76.4 Å². The Morgan fingerprint density at radius 2 is 1.70 bits per heavy atom. The van der Waals surface area contributed by atoms with Crippen LogP contribution in [0.4, 0.5) is 37.3 Å². The normalized spacial score (nSPS) is 16.2. The van der Waals surface area contributed by atoms with Gasteiger partial charge < -0.3 is 24.6 Å². The van der Waals surface area contributed by atoms with E-state index in [1.807, 2.05) is 18.7 Å². The number of anilines is 2. The fraction of sp³-hybridized carbons (Fsp3) is 0.438. The van der Waals surface area contributed by atoms with Crippen LogP contribution in [0.25, 0.3) is 10.3 Å². The van der Waals surface area contributed by atoms with Gasteiger partial charge in [0, 0.05) is 59.2 Å². The Bertz CT molecular complexity index is 1880. The number of nitrogens with zero attached hydrogens (tertiary/aromatic N) is 6. The number of amides is 1. The van der Waals surface area contributed by atoms with Crippen LogP contribution >= 0.6 is 22.9 Å². The fourth-order valence-corrected chi connectivity index (χ4v) is 7.34. The summed E-state index contributed by atoms with van der Waals surface area (Å²) in [6.07, 6.45) is -0.736. The van der Waals surface area contributed by atoms with Crippen LogP contribution in [0.15, 0.2) is 71.1 Å². The summed E-state index contributed by atoms with van der Waals surface area (Å²) >= 11 is 7.60. The number of carbonyl (C=O) groups excluding carboxylic acids is 1. The van der Waals surface area contributed by atoms with Gasteiger partial charge in [0.25, 0.3) is 0 Å². The summed E-state index contributed by atoms with van der Waals surface area (Å²) in [4.78, 5) is 27.8. The molecule has 1 fully saturated rings. The molecule has 1 amide bonds. The number of halogens is 7. The molecule has 0 unspecified atom stereocenters. The molecule has 0 spiro atoms. The Morgan fingerprint density at radius 3 is 2.26 bits per heavy atom. The van der Waals surface area contributed by atoms with Gasteiger partial charge >= 0.3 is 12.7 Å². The minimum Gasteiger partial charge on any atom is -0.410 e. The number of piperazine rings is 1. The SMILES string of the molecule is C=C/C(=C\C=C(/C)S(=O)(=O)N1CCN(c2nc(Cl)nc3nc(N(CC)CC)sc23)CC1)OC(F)(F)F.CC(=O)NCC1=CC=C(OC(F)(F)F)CC=C1. The molecule has 0 saturated carbocycles. The van der Waals surface area contributed by atoms with Crippen molar-refractivity contribution in [1.82, 2.24) is 24.6 Å². The second kappa shape index (κ2) is 18.8. The zero-order valence-electron chi connectivity index (χ0n) is 29.1. The molecule has 292 valence electrons. The van der Waals surface area contributed by atoms with Crippen molar-refractivity contribution in [1.29, 1.82) is 0 Å². The Balaban J connectivity index is 0.000000372. The molecule has 0 atom stereocenters. The van der Waals surface area contributed by atoms with Gasteiger partial charge in [-0.3, -0.25) is 4.79 Å². The van der Waals surface area contributed by atoms with Crippen LogP contribution in [0.1, 0.15) is 34.1 Å². The zero-order valence-corrected chi connectivity index (χ0v) is 31.5. The van der Waals surface area contributed by atoms with E-state index < -0.39 is 28.5 Å². The number of allylic oxidation sites excluding steroid dienone is 7. The first kappa shape index (κ1) is 43.3. The highest BCUT2D eigenvalue weighted by Crippen LogP contribution is 2.35. The monoisotopic (exact) mass is 813 g/mol. The molecule has 2 aromatic heterocycles. The van der Waals surface area contributed by atoms with Crippen molar-refractivity contribution in [3.8, 4) is 0 Å². The Kier molecular flexibility index (Phi) is 15.3. The number of fused-ring (bicyclic) bond motifs is 1. The minimum atomic E-state index is -4.91. The second-order valence-corrected chi connectivity index (χ2v) is 14.5. The summed E-state index contributed by atoms with van der Waals surface area (Å²) in [5, 5.41) is 3.41. The average molecular weight is 814 g/mol. The van der Waals surface area contributed by atoms with Gasteiger partial charge in [0.05, 0.1) is 4.91 Å². The van der Waals surface area contributed by atoms with Gasteiger partial charge in [0.1, 0.15) is 16.2 Å². The predicted octanol–water partition coefficient (Wildman–Crippen LogP) is 6.98. The van der Waals surface area contributed by atoms with Gasteiger partial charge in [-0.15, -0.1) is 26.3 Å². The number of hydrogen-bond donors (Lipinski definition) is 1. The number of alkyl halides is 6. The highest BCUT2D eigenvalue weighted by Gasteiger charge is 2.33. The van der Waals surface area contributed by atoms with Gasteiger partial charge in [-0.25, -0.2) is 8.42 Å². The standard InChI is InChI=1S/C21H26ClF3N6O3S2.C11H12F3NO2/c1-5-15(34-21(23,24)25)9-8-14(4)36(32,33)31-12-10-30(11-13-31)18-16-17(26-19(22)28-18)27-20(35-16)29(6-2)7-3;1-8(16)15-7-9-3-2-4-10(6-5-9)17-11(12,13)14/h5,8-9H,1,6-7,10-13H2,2-4H3;2-3,5-6H,4,7H2,1H3,(H,15,16)/b14-8+,15-9+;. The maximum atomic E-state index is 13.0. The summed E-state index contributed by atoms with van der Waals surface area (Å²) in [6.45, 7) is 12.8. The average Bonchev–Trinajstić information content (AvgIpc) is 3.37. The smallest absolute Gasteiger partial charge is 0.410 e. The van der Waals surface area contributed by atoms with Crippen molar-refractivity contribution >= 4 is 60.2 Å². The largest absolute Gasteiger partial charge is 0.573 e. The van der Waals surface area contributed by atoms with Crippen LogP contribution in [-0.4, -0.2) is 92.1 Å². The predicted molar refractivity (Wildman–Crippen MR) is 191 cm³/mol. The first-order chi connectivity index (χ1) is 24.8. The molecule has 0 radical (unpaired) electrons. The first-order valence-corrected chi connectivity index (χ1v) is 18.6. The Labute approximate surface area is 311 Å². The highest BCUT2D eigenvalue weighted by molar-refractivity contribution is 7.93. The molecule has 12 nitrogen and oxygen atoms in total. The van der Waals surface area contributed by atoms with Crippen LogP contribution in [0, 0.1) is 0 Å². The third kappa shape index (κ3) is 13.3. The Morgan fingerprint density at radius 1 is 1.04 bits per heavy atom. The summed E-state index contributed by atoms with van der Waals surface area (Å²) < 4.78 is 109. The van der Waals surface area contributed by atoms with Gasteiger partial charge in [-0.2, -0.15) is 19.3 Å². The van der Waals surface area contributed by atoms with Gasteiger partial charge in [-0.1, -0.05) is 36.1 Å². The maximum absolute atomic E-state index is 13.0. The van der Waals surface area contributed by atoms with E-state index in [2.05, 4.69) is 41.2 Å². The molecule has 0 aromatic carbocycles. The van der Waals surface area contributed by atoms with E-state index in [0.717, 1.165) is 41.1 Å². The van der Waals surface area contributed by atoms with E-state index in [1.165, 1.54) is 41.6 Å². The molecular formula is C32H38ClF6N7O5S2. The highest BCUT2D eigenvalue weighted by atomic mass is 35.5. The number of ether oxygens (including phenoxy) is 2. The molecule has 2 aliphatic rings. The van der Waals surface area contributed by atoms with Crippen LogP contribution in [-0.2, 0) is 24.3 Å². The molecule has 2 aromatic rings. The Hall–Kier alpha value is -4.14. The van der Waals surface area contributed by atoms with Crippen molar-refractivity contribution in [2.45, 2.75) is 46.8 Å². The lowest BCUT2D eigenvalue weighted by Crippen LogP contribution is -2.49. The van der Waals surface area contributed by atoms with Crippen molar-refractivity contribution in [3.63, 3.8) is 0 Å². The van der Waals surface area contributed by atoms with Crippen LogP contribution in [0.3, 0.4) is 0 Å². The van der Waals surface area contributed by atoms with E-state index in [4.69, 9.17) is 11.6 Å². The lowest BCUT2D eigenvalue weighted by Gasteiger charge is -2.34. The summed E-state index contributed by atoms with van der Waals surface area (Å²) in [5.41, 5.74) is 1.19. The molecule has 53 heavy (non-hydrogen) atoms. The van der Waals surface area contributed by atoms with Crippen LogP contribution < -0.4 is 15.1 Å². The first-order valence-electron chi connectivity index (χ1n) is 15.9. The molecule has 0 bridgehead atoms. The molecule has 4 rings (SSSR count). The molecule has 1 N–H and O–H groups in total. The van der Waals surface area contributed by atoms with Crippen LogP contribution in [0.2, 0.25) is 5.28 Å². The number of aromatic nitrogens is 3. The number of thiazole rings is 1. The quantitative estimate of drug-likeness (QED) is 0.104. The van der Waals surface area contributed by atoms with Crippen molar-refractivity contribution < 1.29 is 49.0 Å². The number of hydrogen-bond acceptors (Lipinski definition) is 11. The number of nitrogens with one attached hydrogen (secondary N) is 1. The lowest BCUT2D eigenvalue weighted by atomic mass is 10.2. The van der Waals surface area contributed by atoms with Gasteiger partial charge in [0.2, 0.25) is 21.2 Å². The molecule has 3 heterocycles. The third-order valence-electron chi connectivity index (χ3n) is 7.36. The number of carbonyl (C=O) groups is 1. The van der Waals surface area contributed by atoms with E-state index in [9.17, 15) is 39.6 Å². The van der Waals surface area contributed by atoms with E-state index in [1.54, 1.807) is 12.2 Å². The molecule has 1 saturated heterocycles. The van der Waals surface area contributed by atoms with Crippen molar-refractivity contribution in [2.24, 2.45) is 0 Å². The van der Waals surface area contributed by atoms with Crippen molar-refractivity contribution in [2.75, 3.05) is 55.6 Å². The zero-order chi connectivity index (χ0) is 39.6. The topological polar surface area (TPSA) is 130 Å². The summed E-state index contributed by atoms with van der Waals surface area (Å²) in [5.74, 6) is -0.390. The molecular weight excluding hydrogens is 776 g/mol. The third-order valence-corrected chi connectivity index (χ3v) is 10.6. The van der Waals surface area contributed by atoms with Crippen LogP contribution in [0.5, 0.6) is 0 Å². The molecule has 21 heteroatoms. The van der Waals surface area contributed by atoms with Gasteiger partial charge in [-0.05, 0) is 62.2 Å². The summed E-state index contributed by atoms with van der Waals surface area (Å²) in [7, 11) is -3.90. The van der Waals surface area contributed by atoms with E-state index in [-0.39, 0.29) is 47.9 Å². The molecule has 1 aliphatic carbocycles. The minimum absolute atomic E-state index is 0.0496. The number of sulfonamides is 1. The summed E-state index contributed by atoms with van der Waals surface area (Å²) in [6, 6.07) is 0. The fourth-order valence-electron chi connectivity index (χ4n) is 4.74. The number of rotatable bonds is 12.